The van der Waals surface area contributed by atoms with Gasteiger partial charge >= 0.3 is 0 Å². The number of carbonyl (C=O) groups excluding carboxylic acids is 2. The fourth-order valence-corrected chi connectivity index (χ4v) is 5.10. The number of hydrogen-bond donors (Lipinski definition) is 2. The van der Waals surface area contributed by atoms with Crippen molar-refractivity contribution < 1.29 is 18.0 Å². The van der Waals surface area contributed by atoms with Crippen molar-refractivity contribution in [3.05, 3.63) is 58.7 Å². The zero-order valence-electron chi connectivity index (χ0n) is 16.8. The maximum atomic E-state index is 13.1. The summed E-state index contributed by atoms with van der Waals surface area (Å²) in [6.45, 7) is 3.48. The van der Waals surface area contributed by atoms with E-state index in [1.807, 2.05) is 6.07 Å². The van der Waals surface area contributed by atoms with Crippen LogP contribution in [0.15, 0.2) is 47.4 Å². The Morgan fingerprint density at radius 1 is 1.10 bits per heavy atom. The number of aryl methyl sites for hydroxylation is 2. The smallest absolute Gasteiger partial charge is 0.263 e. The van der Waals surface area contributed by atoms with Gasteiger partial charge in [0, 0.05) is 18.4 Å². The maximum absolute atomic E-state index is 13.1. The second-order valence-electron chi connectivity index (χ2n) is 7.23. The molecule has 0 aliphatic carbocycles. The number of halogens is 1. The van der Waals surface area contributed by atoms with Gasteiger partial charge in [-0.3, -0.25) is 14.3 Å². The molecule has 1 amide bonds. The molecule has 0 fully saturated rings. The Kier molecular flexibility index (Phi) is 5.32. The number of aromatic nitrogens is 2. The highest BCUT2D eigenvalue weighted by Crippen LogP contribution is 2.36. The molecule has 0 spiro atoms. The first-order chi connectivity index (χ1) is 14.7. The lowest BCUT2D eigenvalue weighted by Gasteiger charge is -2.13. The van der Waals surface area contributed by atoms with Crippen molar-refractivity contribution in [1.82, 2.24) is 9.78 Å². The van der Waals surface area contributed by atoms with E-state index in [-0.39, 0.29) is 40.4 Å². The van der Waals surface area contributed by atoms with E-state index in [2.05, 4.69) is 15.1 Å². The number of nitrogens with one attached hydrogen (secondary N) is 2. The number of nitrogens with zero attached hydrogens (tertiary/aromatic N) is 2. The van der Waals surface area contributed by atoms with Crippen LogP contribution in [0.3, 0.4) is 0 Å². The molecule has 1 aliphatic rings. The maximum Gasteiger partial charge on any atom is 0.263 e. The van der Waals surface area contributed by atoms with Crippen molar-refractivity contribution in [2.45, 2.75) is 31.6 Å². The molecule has 3 aromatic rings. The third kappa shape index (κ3) is 3.94. The lowest BCUT2D eigenvalue weighted by Crippen LogP contribution is -2.14. The molecule has 1 aromatic heterocycles. The SMILES string of the molecule is Cc1ccccc1NS(=O)(=O)c1cc(-c2c(C)nn3c2NC(=O)CCC3=O)ccc1Cl. The van der Waals surface area contributed by atoms with Crippen LogP contribution in [0.25, 0.3) is 11.1 Å². The molecule has 0 saturated heterocycles. The van der Waals surface area contributed by atoms with Crippen LogP contribution in [-0.4, -0.2) is 30.0 Å². The molecule has 0 atom stereocenters. The average Bonchev–Trinajstić information content (AvgIpc) is 2.97. The van der Waals surface area contributed by atoms with E-state index in [0.29, 0.717) is 22.5 Å². The molecule has 0 radical (unpaired) electrons. The van der Waals surface area contributed by atoms with E-state index in [4.69, 9.17) is 11.6 Å². The molecule has 10 heteroatoms. The number of sulfonamides is 1. The summed E-state index contributed by atoms with van der Waals surface area (Å²) in [7, 11) is -4.01. The zero-order valence-corrected chi connectivity index (χ0v) is 18.3. The molecule has 0 saturated carbocycles. The van der Waals surface area contributed by atoms with Crippen molar-refractivity contribution in [3.63, 3.8) is 0 Å². The van der Waals surface area contributed by atoms with E-state index in [1.165, 1.54) is 12.1 Å². The summed E-state index contributed by atoms with van der Waals surface area (Å²) in [6.07, 6.45) is 0.0985. The summed E-state index contributed by atoms with van der Waals surface area (Å²) in [5.41, 5.74) is 2.61. The topological polar surface area (TPSA) is 110 Å². The van der Waals surface area contributed by atoms with Crippen LogP contribution in [-0.2, 0) is 14.8 Å². The highest BCUT2D eigenvalue weighted by atomic mass is 35.5. The Hall–Kier alpha value is -3.17. The minimum Gasteiger partial charge on any atom is -0.310 e. The third-order valence-corrected chi connectivity index (χ3v) is 6.87. The van der Waals surface area contributed by atoms with Gasteiger partial charge < -0.3 is 5.32 Å². The van der Waals surface area contributed by atoms with Crippen molar-refractivity contribution in [1.29, 1.82) is 0 Å². The van der Waals surface area contributed by atoms with E-state index in [0.717, 1.165) is 10.2 Å². The van der Waals surface area contributed by atoms with E-state index in [9.17, 15) is 18.0 Å². The summed E-state index contributed by atoms with van der Waals surface area (Å²) < 4.78 is 29.9. The molecule has 0 bridgehead atoms. The summed E-state index contributed by atoms with van der Waals surface area (Å²) in [6, 6.07) is 11.5. The standard InChI is InChI=1S/C21H19ClN4O4S/c1-12-5-3-4-6-16(12)25-31(29,30)17-11-14(7-8-15(17)22)20-13(2)24-26-19(28)10-9-18(27)23-21(20)26/h3-8,11,25H,9-10H2,1-2H3,(H,23,27). The number of para-hydroxylation sites is 1. The Labute approximate surface area is 184 Å². The number of hydrogen-bond acceptors (Lipinski definition) is 5. The van der Waals surface area contributed by atoms with Gasteiger partial charge in [-0.1, -0.05) is 35.9 Å². The average molecular weight is 459 g/mol. The minimum atomic E-state index is -4.01. The predicted molar refractivity (Wildman–Crippen MR) is 118 cm³/mol. The highest BCUT2D eigenvalue weighted by Gasteiger charge is 2.27. The van der Waals surface area contributed by atoms with Gasteiger partial charge in [0.05, 0.1) is 16.4 Å². The summed E-state index contributed by atoms with van der Waals surface area (Å²) in [4.78, 5) is 24.3. The van der Waals surface area contributed by atoms with Gasteiger partial charge in [0.1, 0.15) is 10.7 Å². The van der Waals surface area contributed by atoms with E-state index >= 15 is 0 Å². The Balaban J connectivity index is 1.82. The molecule has 8 nitrogen and oxygen atoms in total. The summed E-state index contributed by atoms with van der Waals surface area (Å²) >= 11 is 6.24. The van der Waals surface area contributed by atoms with E-state index in [1.54, 1.807) is 38.1 Å². The number of benzene rings is 2. The van der Waals surface area contributed by atoms with Crippen LogP contribution in [0.1, 0.15) is 28.9 Å². The van der Waals surface area contributed by atoms with Crippen molar-refractivity contribution in [3.8, 4) is 11.1 Å². The first kappa shape index (κ1) is 21.1. The Morgan fingerprint density at radius 3 is 2.58 bits per heavy atom. The van der Waals surface area contributed by atoms with Crippen LogP contribution >= 0.6 is 11.6 Å². The van der Waals surface area contributed by atoms with Crippen LogP contribution in [0.4, 0.5) is 11.5 Å². The number of rotatable bonds is 4. The van der Waals surface area contributed by atoms with Crippen molar-refractivity contribution in [2.24, 2.45) is 0 Å². The fraction of sp³-hybridized carbons (Fsp3) is 0.190. The summed E-state index contributed by atoms with van der Waals surface area (Å²) in [5, 5.41) is 7.00. The monoisotopic (exact) mass is 458 g/mol. The van der Waals surface area contributed by atoms with Crippen LogP contribution in [0.5, 0.6) is 0 Å². The van der Waals surface area contributed by atoms with Gasteiger partial charge in [0.25, 0.3) is 10.0 Å². The van der Waals surface area contributed by atoms with Gasteiger partial charge in [-0.25, -0.2) is 8.42 Å². The number of anilines is 2. The van der Waals surface area contributed by atoms with Crippen LogP contribution in [0.2, 0.25) is 5.02 Å². The quantitative estimate of drug-likeness (QED) is 0.614. The fourth-order valence-electron chi connectivity index (χ4n) is 3.44. The zero-order chi connectivity index (χ0) is 22.3. The Bertz CT molecular complexity index is 1330. The first-order valence-electron chi connectivity index (χ1n) is 9.48. The van der Waals surface area contributed by atoms with Gasteiger partial charge in [-0.15, -0.1) is 0 Å². The van der Waals surface area contributed by atoms with E-state index < -0.39 is 10.0 Å². The van der Waals surface area contributed by atoms with Gasteiger partial charge in [0.15, 0.2) is 0 Å². The second kappa shape index (κ2) is 7.82. The van der Waals surface area contributed by atoms with Gasteiger partial charge in [0.2, 0.25) is 11.8 Å². The molecule has 0 unspecified atom stereocenters. The minimum absolute atomic E-state index is 0.0417. The largest absolute Gasteiger partial charge is 0.310 e. The van der Waals surface area contributed by atoms with Crippen molar-refractivity contribution >= 4 is 44.9 Å². The van der Waals surface area contributed by atoms with Crippen LogP contribution in [0, 0.1) is 13.8 Å². The molecule has 4 rings (SSSR count). The third-order valence-electron chi connectivity index (χ3n) is 5.02. The molecule has 2 heterocycles. The summed E-state index contributed by atoms with van der Waals surface area (Å²) in [5.74, 6) is -0.399. The molecular formula is C21H19ClN4O4S. The molecule has 2 N–H and O–H groups in total. The number of fused-ring (bicyclic) bond motifs is 1. The Morgan fingerprint density at radius 2 is 1.84 bits per heavy atom. The van der Waals surface area contributed by atoms with Gasteiger partial charge in [-0.2, -0.15) is 9.78 Å². The number of amides is 1. The molecule has 160 valence electrons. The molecule has 31 heavy (non-hydrogen) atoms. The molecule has 1 aliphatic heterocycles. The normalized spacial score (nSPS) is 14.0. The van der Waals surface area contributed by atoms with Crippen LogP contribution < -0.4 is 10.0 Å². The van der Waals surface area contributed by atoms with Crippen molar-refractivity contribution in [2.75, 3.05) is 10.0 Å². The predicted octanol–water partition coefficient (Wildman–Crippen LogP) is 3.99. The molecular weight excluding hydrogens is 440 g/mol. The molecule has 2 aromatic carbocycles. The lowest BCUT2D eigenvalue weighted by atomic mass is 10.1. The first-order valence-corrected chi connectivity index (χ1v) is 11.3. The van der Waals surface area contributed by atoms with Gasteiger partial charge in [-0.05, 0) is 43.2 Å². The second-order valence-corrected chi connectivity index (χ2v) is 9.29. The lowest BCUT2D eigenvalue weighted by molar-refractivity contribution is -0.116. The highest BCUT2D eigenvalue weighted by molar-refractivity contribution is 7.92. The number of carbonyl (C=O) groups is 2.